The van der Waals surface area contributed by atoms with Crippen molar-refractivity contribution in [2.75, 3.05) is 4.90 Å². The van der Waals surface area contributed by atoms with Crippen LogP contribution in [0.1, 0.15) is 19.4 Å². The lowest BCUT2D eigenvalue weighted by molar-refractivity contribution is 0.442. The normalized spacial score (nSPS) is 11.5. The zero-order valence-corrected chi connectivity index (χ0v) is 23.9. The Morgan fingerprint density at radius 3 is 1.76 bits per heavy atom. The number of rotatable bonds is 7. The van der Waals surface area contributed by atoms with Gasteiger partial charge >= 0.3 is 0 Å². The first-order chi connectivity index (χ1) is 20.6. The van der Waals surface area contributed by atoms with Gasteiger partial charge in [0.05, 0.1) is 12.1 Å². The number of hydrogen-bond acceptors (Lipinski definition) is 5. The number of fused-ring (bicyclic) bond motifs is 2. The summed E-state index contributed by atoms with van der Waals surface area (Å²) in [6.45, 7) is 7.17. The van der Waals surface area contributed by atoms with Gasteiger partial charge in [-0.25, -0.2) is 0 Å². The van der Waals surface area contributed by atoms with Gasteiger partial charge in [0.25, 0.3) is 0 Å². The number of hydrogen-bond donors (Lipinski definition) is 1. The maximum atomic E-state index is 5.03. The molecule has 0 unspecified atom stereocenters. The third kappa shape index (κ3) is 4.59. The Balaban J connectivity index is 1.42. The molecule has 7 aromatic rings. The molecule has 2 heterocycles. The van der Waals surface area contributed by atoms with Gasteiger partial charge in [0.1, 0.15) is 16.6 Å². The van der Waals surface area contributed by atoms with Crippen LogP contribution in [0.15, 0.2) is 109 Å². The van der Waals surface area contributed by atoms with E-state index in [1.54, 1.807) is 0 Å². The molecule has 0 atom stereocenters. The zero-order chi connectivity index (χ0) is 28.6. The molecule has 5 aromatic carbocycles. The van der Waals surface area contributed by atoms with Crippen LogP contribution in [0.2, 0.25) is 0 Å². The van der Waals surface area contributed by atoms with Gasteiger partial charge in [0.2, 0.25) is 0 Å². The molecule has 7 rings (SSSR count). The van der Waals surface area contributed by atoms with Crippen molar-refractivity contribution >= 4 is 39.1 Å². The number of para-hydroxylation sites is 2. The van der Waals surface area contributed by atoms with E-state index in [-0.39, 0.29) is 0 Å². The molecule has 2 aromatic heterocycles. The predicted molar refractivity (Wildman–Crippen MR) is 170 cm³/mol. The third-order valence-corrected chi connectivity index (χ3v) is 7.48. The second-order valence-corrected chi connectivity index (χ2v) is 11.1. The van der Waals surface area contributed by atoms with Gasteiger partial charge in [0, 0.05) is 28.2 Å². The maximum absolute atomic E-state index is 5.03. The van der Waals surface area contributed by atoms with E-state index in [0.717, 1.165) is 67.9 Å². The van der Waals surface area contributed by atoms with Gasteiger partial charge in [-0.05, 0) is 60.4 Å². The molecule has 7 nitrogen and oxygen atoms in total. The van der Waals surface area contributed by atoms with Crippen LogP contribution in [-0.2, 0) is 6.54 Å². The molecule has 0 spiro atoms. The number of nitrogens with one attached hydrogen (secondary N) is 1. The van der Waals surface area contributed by atoms with Crippen molar-refractivity contribution in [3.8, 4) is 22.3 Å². The van der Waals surface area contributed by atoms with Crippen LogP contribution in [0, 0.1) is 12.8 Å². The average molecular weight is 550 g/mol. The average Bonchev–Trinajstić information content (AvgIpc) is 3.65. The minimum absolute atomic E-state index is 0.406. The summed E-state index contributed by atoms with van der Waals surface area (Å²) in [6.07, 6.45) is 0. The second kappa shape index (κ2) is 10.6. The molecule has 7 heteroatoms. The first-order valence-electron chi connectivity index (χ1n) is 14.3. The molecule has 0 aliphatic carbocycles. The van der Waals surface area contributed by atoms with E-state index in [0.29, 0.717) is 5.92 Å². The Morgan fingerprint density at radius 2 is 1.17 bits per heavy atom. The third-order valence-electron chi connectivity index (χ3n) is 7.48. The summed E-state index contributed by atoms with van der Waals surface area (Å²) in [4.78, 5) is 4.08. The van der Waals surface area contributed by atoms with Crippen molar-refractivity contribution in [3.63, 3.8) is 0 Å². The molecule has 0 aliphatic heterocycles. The summed E-state index contributed by atoms with van der Waals surface area (Å²) in [7, 11) is 0. The molecule has 0 aliphatic rings. The summed E-state index contributed by atoms with van der Waals surface area (Å²) in [5, 5.41) is 22.0. The Bertz CT molecular complexity index is 1930. The molecular weight excluding hydrogens is 518 g/mol. The van der Waals surface area contributed by atoms with Crippen LogP contribution in [0.4, 0.5) is 17.1 Å². The number of anilines is 3. The van der Waals surface area contributed by atoms with Crippen LogP contribution in [0.3, 0.4) is 0 Å². The Morgan fingerprint density at radius 1 is 0.643 bits per heavy atom. The number of aryl methyl sites for hydroxylation is 1. The van der Waals surface area contributed by atoms with Crippen molar-refractivity contribution < 1.29 is 0 Å². The first kappa shape index (κ1) is 25.7. The van der Waals surface area contributed by atoms with E-state index in [1.807, 2.05) is 16.9 Å². The smallest absolute Gasteiger partial charge is 0.124 e. The van der Waals surface area contributed by atoms with Crippen molar-refractivity contribution in [1.82, 2.24) is 30.4 Å². The molecule has 42 heavy (non-hydrogen) atoms. The molecule has 0 saturated carbocycles. The lowest BCUT2D eigenvalue weighted by Crippen LogP contribution is -2.09. The fraction of sp³-hybridized carbons (Fsp3) is 0.143. The van der Waals surface area contributed by atoms with E-state index in [4.69, 9.17) is 10.2 Å². The highest BCUT2D eigenvalue weighted by molar-refractivity contribution is 6.16. The Hall–Kier alpha value is -5.30. The minimum atomic E-state index is 0.406. The topological polar surface area (TPSA) is 75.5 Å². The van der Waals surface area contributed by atoms with Crippen molar-refractivity contribution in [1.29, 1.82) is 0 Å². The fourth-order valence-corrected chi connectivity index (χ4v) is 5.55. The van der Waals surface area contributed by atoms with Crippen LogP contribution in [0.25, 0.3) is 44.3 Å². The zero-order valence-electron chi connectivity index (χ0n) is 23.9. The second-order valence-electron chi connectivity index (χ2n) is 11.1. The standard InChI is InChI=1S/C35H31N7/c1-23(2)22-41-38-34-30(25-16-14-24(3)15-17-25)32-33(37-40-36-32)31(35(34)39-41)26-18-20-29(21-19-26)42(27-10-6-4-7-11-27)28-12-8-5-9-13-28/h4-21,23H,22H2,1-3H3,(H,36,37). The molecule has 0 bridgehead atoms. The number of benzene rings is 5. The fourth-order valence-electron chi connectivity index (χ4n) is 5.55. The summed E-state index contributed by atoms with van der Waals surface area (Å²) < 4.78 is 0. The summed E-state index contributed by atoms with van der Waals surface area (Å²) in [5.74, 6) is 0.406. The van der Waals surface area contributed by atoms with Crippen molar-refractivity contribution in [2.24, 2.45) is 5.92 Å². The van der Waals surface area contributed by atoms with Crippen LogP contribution in [-0.4, -0.2) is 30.4 Å². The maximum Gasteiger partial charge on any atom is 0.124 e. The molecule has 0 saturated heterocycles. The SMILES string of the molecule is Cc1ccc(-c2c3nn(CC(C)C)nc3c(-c3ccc(N(c4ccccc4)c4ccccc4)cc3)c3nn[nH]c23)cc1. The monoisotopic (exact) mass is 549 g/mol. The Labute approximate surface area is 244 Å². The van der Waals surface area contributed by atoms with E-state index in [9.17, 15) is 0 Å². The Kier molecular flexibility index (Phi) is 6.47. The largest absolute Gasteiger partial charge is 0.311 e. The summed E-state index contributed by atoms with van der Waals surface area (Å²) in [5.41, 5.74) is 11.7. The number of nitrogens with zero attached hydrogens (tertiary/aromatic N) is 6. The highest BCUT2D eigenvalue weighted by atomic mass is 15.5. The summed E-state index contributed by atoms with van der Waals surface area (Å²) >= 11 is 0. The molecule has 0 radical (unpaired) electrons. The van der Waals surface area contributed by atoms with Gasteiger partial charge in [-0.15, -0.1) is 5.10 Å². The van der Waals surface area contributed by atoms with E-state index >= 15 is 0 Å². The van der Waals surface area contributed by atoms with Crippen LogP contribution in [0.5, 0.6) is 0 Å². The highest BCUT2D eigenvalue weighted by Crippen LogP contribution is 2.42. The molecular formula is C35H31N7. The molecule has 0 amide bonds. The van der Waals surface area contributed by atoms with E-state index < -0.39 is 0 Å². The lowest BCUT2D eigenvalue weighted by Gasteiger charge is -2.25. The van der Waals surface area contributed by atoms with Gasteiger partial charge < -0.3 is 4.90 Å². The lowest BCUT2D eigenvalue weighted by atomic mass is 9.95. The van der Waals surface area contributed by atoms with Gasteiger partial charge in [-0.3, -0.25) is 5.10 Å². The quantitative estimate of drug-likeness (QED) is 0.216. The van der Waals surface area contributed by atoms with Gasteiger partial charge in [-0.1, -0.05) is 97.4 Å². The number of H-pyrrole nitrogens is 1. The minimum Gasteiger partial charge on any atom is -0.311 e. The summed E-state index contributed by atoms with van der Waals surface area (Å²) in [6, 6.07) is 37.9. The van der Waals surface area contributed by atoms with Crippen LogP contribution < -0.4 is 4.90 Å². The van der Waals surface area contributed by atoms with Gasteiger partial charge in [-0.2, -0.15) is 15.0 Å². The molecule has 1 N–H and O–H groups in total. The highest BCUT2D eigenvalue weighted by Gasteiger charge is 2.24. The number of aromatic amines is 1. The predicted octanol–water partition coefficient (Wildman–Crippen LogP) is 8.47. The molecule has 0 fully saturated rings. The number of aromatic nitrogens is 6. The first-order valence-corrected chi connectivity index (χ1v) is 14.3. The van der Waals surface area contributed by atoms with Crippen molar-refractivity contribution in [3.05, 3.63) is 115 Å². The van der Waals surface area contributed by atoms with E-state index in [2.05, 4.69) is 138 Å². The molecule has 206 valence electrons. The van der Waals surface area contributed by atoms with Crippen LogP contribution >= 0.6 is 0 Å². The van der Waals surface area contributed by atoms with Gasteiger partial charge in [0.15, 0.2) is 0 Å². The van der Waals surface area contributed by atoms with Crippen molar-refractivity contribution in [2.45, 2.75) is 27.3 Å². The van der Waals surface area contributed by atoms with E-state index in [1.165, 1.54) is 5.56 Å².